The number of aromatic nitrogens is 1. The average Bonchev–Trinajstić information content (AvgIpc) is 2.94. The second-order valence-corrected chi connectivity index (χ2v) is 8.33. The fraction of sp³-hybridized carbons (Fsp3) is 0.100. The van der Waals surface area contributed by atoms with E-state index in [0.717, 1.165) is 16.8 Å². The zero-order valence-corrected chi connectivity index (χ0v) is 19.8. The molecule has 0 aliphatic carbocycles. The van der Waals surface area contributed by atoms with Crippen LogP contribution in [0.5, 0.6) is 11.5 Å². The molecule has 2 heterocycles. The molecular weight excluding hydrogens is 452 g/mol. The first-order valence-electron chi connectivity index (χ1n) is 11.6. The lowest BCUT2D eigenvalue weighted by Gasteiger charge is -2.28. The normalized spacial score (nSPS) is 14.0. The Morgan fingerprint density at radius 1 is 0.778 bits per heavy atom. The molecule has 0 bridgehead atoms. The van der Waals surface area contributed by atoms with E-state index < -0.39 is 0 Å². The van der Waals surface area contributed by atoms with Gasteiger partial charge in [0.2, 0.25) is 0 Å². The maximum atomic E-state index is 13.5. The molecule has 1 aliphatic rings. The summed E-state index contributed by atoms with van der Waals surface area (Å²) < 4.78 is 11.0. The number of methoxy groups -OCH3 is 1. The molecule has 4 aromatic rings. The van der Waals surface area contributed by atoms with Gasteiger partial charge in [0.15, 0.2) is 0 Å². The van der Waals surface area contributed by atoms with Crippen molar-refractivity contribution in [2.45, 2.75) is 13.2 Å². The van der Waals surface area contributed by atoms with E-state index in [1.165, 1.54) is 4.90 Å². The number of rotatable bonds is 7. The molecule has 36 heavy (non-hydrogen) atoms. The Bertz CT molecular complexity index is 1410. The molecule has 1 aromatic heterocycles. The van der Waals surface area contributed by atoms with Gasteiger partial charge < -0.3 is 9.47 Å². The molecular formula is C30H24N2O4. The summed E-state index contributed by atoms with van der Waals surface area (Å²) in [6, 6.07) is 27.7. The summed E-state index contributed by atoms with van der Waals surface area (Å²) in [6.07, 6.45) is 3.55. The molecule has 0 atom stereocenters. The lowest BCUT2D eigenvalue weighted by Crippen LogP contribution is -2.41. The second kappa shape index (κ2) is 10.3. The van der Waals surface area contributed by atoms with Crippen molar-refractivity contribution in [1.82, 2.24) is 9.88 Å². The van der Waals surface area contributed by atoms with Crippen LogP contribution in [-0.4, -0.2) is 28.8 Å². The largest absolute Gasteiger partial charge is 0.497 e. The van der Waals surface area contributed by atoms with Crippen molar-refractivity contribution in [2.24, 2.45) is 0 Å². The third kappa shape index (κ3) is 4.88. The Morgan fingerprint density at radius 3 is 2.17 bits per heavy atom. The molecule has 0 N–H and O–H groups in total. The highest BCUT2D eigenvalue weighted by Gasteiger charge is 2.34. The van der Waals surface area contributed by atoms with Gasteiger partial charge in [0.25, 0.3) is 11.8 Å². The summed E-state index contributed by atoms with van der Waals surface area (Å²) in [5, 5.41) is 0. The number of carbonyl (C=O) groups excluding carboxylic acids is 2. The summed E-state index contributed by atoms with van der Waals surface area (Å²) in [4.78, 5) is 32.3. The zero-order valence-electron chi connectivity index (χ0n) is 19.8. The Labute approximate surface area is 209 Å². The third-order valence-electron chi connectivity index (χ3n) is 5.97. The molecule has 6 heteroatoms. The number of hydrogen-bond donors (Lipinski definition) is 0. The van der Waals surface area contributed by atoms with Gasteiger partial charge in [0, 0.05) is 17.3 Å². The first-order valence-corrected chi connectivity index (χ1v) is 11.6. The standard InChI is InChI=1S/C30H24N2O4/c1-35-24-13-11-22(12-14-24)19-32-29(33)27-8-3-2-7-26(27)28(30(32)34)18-21-9-15-25(16-10-21)36-20-23-6-4-5-17-31-23/h2-18H,19-20H2,1H3/b28-18-. The van der Waals surface area contributed by atoms with Crippen molar-refractivity contribution in [3.8, 4) is 11.5 Å². The smallest absolute Gasteiger partial charge is 0.261 e. The SMILES string of the molecule is COc1ccc(CN2C(=O)/C(=C\c3ccc(OCc4ccccn4)cc3)c3ccccc3C2=O)cc1. The van der Waals surface area contributed by atoms with E-state index in [4.69, 9.17) is 9.47 Å². The number of imide groups is 1. The van der Waals surface area contributed by atoms with Crippen molar-refractivity contribution in [2.75, 3.05) is 7.11 Å². The van der Waals surface area contributed by atoms with Gasteiger partial charge in [-0.3, -0.25) is 19.5 Å². The average molecular weight is 477 g/mol. The number of fused-ring (bicyclic) bond motifs is 1. The lowest BCUT2D eigenvalue weighted by molar-refractivity contribution is -0.123. The fourth-order valence-electron chi connectivity index (χ4n) is 4.07. The summed E-state index contributed by atoms with van der Waals surface area (Å²) in [7, 11) is 1.60. The van der Waals surface area contributed by atoms with Crippen molar-refractivity contribution >= 4 is 23.5 Å². The highest BCUT2D eigenvalue weighted by Crippen LogP contribution is 2.32. The van der Waals surface area contributed by atoms with Crippen LogP contribution in [0.4, 0.5) is 0 Å². The van der Waals surface area contributed by atoms with E-state index in [2.05, 4.69) is 4.98 Å². The van der Waals surface area contributed by atoms with Crippen molar-refractivity contribution in [1.29, 1.82) is 0 Å². The van der Waals surface area contributed by atoms with Crippen LogP contribution in [-0.2, 0) is 17.9 Å². The number of ether oxygens (including phenoxy) is 2. The maximum absolute atomic E-state index is 13.5. The molecule has 5 rings (SSSR count). The minimum absolute atomic E-state index is 0.174. The van der Waals surface area contributed by atoms with Crippen LogP contribution in [0.15, 0.2) is 97.2 Å². The van der Waals surface area contributed by atoms with Gasteiger partial charge in [-0.25, -0.2) is 0 Å². The van der Waals surface area contributed by atoms with Crippen LogP contribution in [0.3, 0.4) is 0 Å². The van der Waals surface area contributed by atoms with Crippen LogP contribution in [0.25, 0.3) is 11.6 Å². The Kier molecular flexibility index (Phi) is 6.58. The van der Waals surface area contributed by atoms with E-state index in [0.29, 0.717) is 34.8 Å². The topological polar surface area (TPSA) is 68.7 Å². The van der Waals surface area contributed by atoms with Crippen LogP contribution < -0.4 is 9.47 Å². The first kappa shape index (κ1) is 23.1. The molecule has 0 fully saturated rings. The number of hydrogen-bond acceptors (Lipinski definition) is 5. The molecule has 0 saturated heterocycles. The van der Waals surface area contributed by atoms with Crippen molar-refractivity contribution in [3.05, 3.63) is 125 Å². The van der Waals surface area contributed by atoms with Crippen LogP contribution in [0.2, 0.25) is 0 Å². The summed E-state index contributed by atoms with van der Waals surface area (Å²) in [5.74, 6) is 0.787. The molecule has 178 valence electrons. The molecule has 3 aromatic carbocycles. The van der Waals surface area contributed by atoms with Crippen LogP contribution >= 0.6 is 0 Å². The van der Waals surface area contributed by atoms with Gasteiger partial charge in [0.1, 0.15) is 18.1 Å². The molecule has 6 nitrogen and oxygen atoms in total. The summed E-state index contributed by atoms with van der Waals surface area (Å²) in [5.41, 5.74) is 4.12. The Hall–Kier alpha value is -4.71. The predicted molar refractivity (Wildman–Crippen MR) is 137 cm³/mol. The highest BCUT2D eigenvalue weighted by atomic mass is 16.5. The minimum atomic E-state index is -0.329. The first-order chi connectivity index (χ1) is 17.6. The van der Waals surface area contributed by atoms with Gasteiger partial charge in [-0.05, 0) is 65.2 Å². The Balaban J connectivity index is 1.40. The van der Waals surface area contributed by atoms with Crippen molar-refractivity contribution in [3.63, 3.8) is 0 Å². The molecule has 0 unspecified atom stereocenters. The van der Waals surface area contributed by atoms with Gasteiger partial charge in [0.05, 0.1) is 19.3 Å². The highest BCUT2D eigenvalue weighted by molar-refractivity contribution is 6.33. The van der Waals surface area contributed by atoms with E-state index >= 15 is 0 Å². The fourth-order valence-corrected chi connectivity index (χ4v) is 4.07. The van der Waals surface area contributed by atoms with E-state index in [1.807, 2.05) is 91.0 Å². The van der Waals surface area contributed by atoms with Crippen LogP contribution in [0.1, 0.15) is 32.7 Å². The number of pyridine rings is 1. The van der Waals surface area contributed by atoms with Crippen LogP contribution in [0, 0.1) is 0 Å². The summed E-state index contributed by atoms with van der Waals surface area (Å²) in [6.45, 7) is 0.545. The minimum Gasteiger partial charge on any atom is -0.497 e. The van der Waals surface area contributed by atoms with E-state index in [1.54, 1.807) is 19.4 Å². The molecule has 0 saturated carbocycles. The quantitative estimate of drug-likeness (QED) is 0.264. The number of benzene rings is 3. The Morgan fingerprint density at radius 2 is 1.47 bits per heavy atom. The number of nitrogens with zero attached hydrogens (tertiary/aromatic N) is 2. The molecule has 0 spiro atoms. The van der Waals surface area contributed by atoms with E-state index in [9.17, 15) is 9.59 Å². The monoisotopic (exact) mass is 476 g/mol. The maximum Gasteiger partial charge on any atom is 0.261 e. The number of amides is 2. The van der Waals surface area contributed by atoms with E-state index in [-0.39, 0.29) is 18.4 Å². The molecule has 0 radical (unpaired) electrons. The lowest BCUT2D eigenvalue weighted by atomic mass is 9.91. The second-order valence-electron chi connectivity index (χ2n) is 8.33. The van der Waals surface area contributed by atoms with Crippen molar-refractivity contribution < 1.29 is 19.1 Å². The van der Waals surface area contributed by atoms with Gasteiger partial charge in [-0.15, -0.1) is 0 Å². The zero-order chi connectivity index (χ0) is 24.9. The summed E-state index contributed by atoms with van der Waals surface area (Å²) >= 11 is 0. The molecule has 2 amide bonds. The number of carbonyl (C=O) groups is 2. The van der Waals surface area contributed by atoms with Gasteiger partial charge >= 0.3 is 0 Å². The molecule has 1 aliphatic heterocycles. The van der Waals surface area contributed by atoms with Gasteiger partial charge in [-0.1, -0.05) is 48.5 Å². The predicted octanol–water partition coefficient (Wildman–Crippen LogP) is 5.39. The van der Waals surface area contributed by atoms with Gasteiger partial charge in [-0.2, -0.15) is 0 Å². The third-order valence-corrected chi connectivity index (χ3v) is 5.97.